The zero-order chi connectivity index (χ0) is 13.5. The third kappa shape index (κ3) is 4.63. The predicted molar refractivity (Wildman–Crippen MR) is 71.0 cm³/mol. The van der Waals surface area contributed by atoms with E-state index < -0.39 is 0 Å². The number of hydrogen-bond donors (Lipinski definition) is 0. The fourth-order valence-corrected chi connectivity index (χ4v) is 2.25. The smallest absolute Gasteiger partial charge is 0.236 e. The average molecular weight is 252 g/mol. The first kappa shape index (κ1) is 14.9. The number of amides is 1. The number of likely N-dealkylation sites (tertiary alicyclic amines) is 1. The Morgan fingerprint density at radius 2 is 1.94 bits per heavy atom. The molecule has 18 heavy (non-hydrogen) atoms. The maximum Gasteiger partial charge on any atom is 0.236 e. The second-order valence-corrected chi connectivity index (χ2v) is 5.19. The van der Waals surface area contributed by atoms with E-state index in [1.54, 1.807) is 11.9 Å². The predicted octanol–water partition coefficient (Wildman–Crippen LogP) is 0.384. The van der Waals surface area contributed by atoms with Crippen LogP contribution in [0.5, 0.6) is 0 Å². The summed E-state index contributed by atoms with van der Waals surface area (Å²) in [5.74, 6) is 0.119. The molecule has 0 aromatic heterocycles. The molecule has 1 heterocycles. The summed E-state index contributed by atoms with van der Waals surface area (Å²) >= 11 is 0. The van der Waals surface area contributed by atoms with E-state index in [4.69, 9.17) is 5.26 Å². The molecular formula is C13H24N4O. The van der Waals surface area contributed by atoms with Gasteiger partial charge in [-0.3, -0.25) is 9.69 Å². The van der Waals surface area contributed by atoms with E-state index in [-0.39, 0.29) is 5.91 Å². The Morgan fingerprint density at radius 1 is 1.33 bits per heavy atom. The SMILES string of the molecule is CN(CCC#N)C(=O)CN1CCC(N(C)C)CC1. The van der Waals surface area contributed by atoms with Crippen LogP contribution in [0.4, 0.5) is 0 Å². The van der Waals surface area contributed by atoms with Gasteiger partial charge in [0.25, 0.3) is 0 Å². The maximum atomic E-state index is 11.9. The molecule has 0 bridgehead atoms. The Balaban J connectivity index is 2.28. The first-order valence-electron chi connectivity index (χ1n) is 6.54. The number of likely N-dealkylation sites (N-methyl/N-ethyl adjacent to an activating group) is 1. The van der Waals surface area contributed by atoms with Crippen molar-refractivity contribution >= 4 is 5.91 Å². The van der Waals surface area contributed by atoms with Gasteiger partial charge in [-0.05, 0) is 26.9 Å². The number of nitrogens with zero attached hydrogens (tertiary/aromatic N) is 4. The summed E-state index contributed by atoms with van der Waals surface area (Å²) < 4.78 is 0. The van der Waals surface area contributed by atoms with Gasteiger partial charge in [-0.2, -0.15) is 5.26 Å². The third-order valence-electron chi connectivity index (χ3n) is 3.63. The fraction of sp³-hybridized carbons (Fsp3) is 0.846. The van der Waals surface area contributed by atoms with Gasteiger partial charge in [-0.15, -0.1) is 0 Å². The zero-order valence-corrected chi connectivity index (χ0v) is 11.7. The first-order chi connectivity index (χ1) is 8.54. The van der Waals surface area contributed by atoms with Crippen LogP contribution in [0, 0.1) is 11.3 Å². The van der Waals surface area contributed by atoms with Crippen LogP contribution < -0.4 is 0 Å². The monoisotopic (exact) mass is 252 g/mol. The molecule has 0 radical (unpaired) electrons. The minimum atomic E-state index is 0.119. The second kappa shape index (κ2) is 7.34. The summed E-state index contributed by atoms with van der Waals surface area (Å²) in [6, 6.07) is 2.71. The number of hydrogen-bond acceptors (Lipinski definition) is 4. The summed E-state index contributed by atoms with van der Waals surface area (Å²) in [7, 11) is 5.99. The normalized spacial score (nSPS) is 17.7. The van der Waals surface area contributed by atoms with Gasteiger partial charge in [-0.25, -0.2) is 0 Å². The van der Waals surface area contributed by atoms with Crippen molar-refractivity contribution in [2.45, 2.75) is 25.3 Å². The molecule has 0 aliphatic carbocycles. The molecular weight excluding hydrogens is 228 g/mol. The lowest BCUT2D eigenvalue weighted by atomic mass is 10.0. The van der Waals surface area contributed by atoms with E-state index in [0.29, 0.717) is 25.6 Å². The van der Waals surface area contributed by atoms with Crippen molar-refractivity contribution in [2.75, 3.05) is 47.3 Å². The number of carbonyl (C=O) groups excluding carboxylic acids is 1. The average Bonchev–Trinajstić information content (AvgIpc) is 2.36. The van der Waals surface area contributed by atoms with Crippen molar-refractivity contribution in [3.05, 3.63) is 0 Å². The summed E-state index contributed by atoms with van der Waals surface area (Å²) in [6.07, 6.45) is 2.66. The lowest BCUT2D eigenvalue weighted by Gasteiger charge is -2.35. The molecule has 1 amide bonds. The van der Waals surface area contributed by atoms with E-state index in [1.807, 2.05) is 0 Å². The van der Waals surface area contributed by atoms with E-state index in [9.17, 15) is 4.79 Å². The highest BCUT2D eigenvalue weighted by molar-refractivity contribution is 5.78. The Hall–Kier alpha value is -1.12. The van der Waals surface area contributed by atoms with Crippen LogP contribution in [0.25, 0.3) is 0 Å². The van der Waals surface area contributed by atoms with Crippen LogP contribution in [0.2, 0.25) is 0 Å². The van der Waals surface area contributed by atoms with Crippen molar-refractivity contribution in [2.24, 2.45) is 0 Å². The van der Waals surface area contributed by atoms with E-state index in [1.165, 1.54) is 0 Å². The van der Waals surface area contributed by atoms with Gasteiger partial charge < -0.3 is 9.80 Å². The molecule has 0 atom stereocenters. The number of piperidine rings is 1. The lowest BCUT2D eigenvalue weighted by Crippen LogP contribution is -2.46. The minimum absolute atomic E-state index is 0.119. The van der Waals surface area contributed by atoms with Crippen LogP contribution in [0.1, 0.15) is 19.3 Å². The molecule has 0 aromatic carbocycles. The molecule has 0 spiro atoms. The molecule has 0 aromatic rings. The number of nitriles is 1. The fourth-order valence-electron chi connectivity index (χ4n) is 2.25. The second-order valence-electron chi connectivity index (χ2n) is 5.19. The Labute approximate surface area is 110 Å². The van der Waals surface area contributed by atoms with Crippen LogP contribution in [0.3, 0.4) is 0 Å². The summed E-state index contributed by atoms with van der Waals surface area (Å²) in [5, 5.41) is 8.50. The maximum absolute atomic E-state index is 11.9. The standard InChI is InChI=1S/C13H24N4O/c1-15(2)12-5-9-17(10-6-12)11-13(18)16(3)8-4-7-14/h12H,4-6,8-11H2,1-3H3. The van der Waals surface area contributed by atoms with Gasteiger partial charge in [0, 0.05) is 32.7 Å². The largest absolute Gasteiger partial charge is 0.344 e. The summed E-state index contributed by atoms with van der Waals surface area (Å²) in [4.78, 5) is 18.0. The van der Waals surface area contributed by atoms with Crippen LogP contribution >= 0.6 is 0 Å². The quantitative estimate of drug-likeness (QED) is 0.710. The molecule has 1 rings (SSSR count). The molecule has 1 aliphatic rings. The van der Waals surface area contributed by atoms with Gasteiger partial charge in [0.1, 0.15) is 0 Å². The summed E-state index contributed by atoms with van der Waals surface area (Å²) in [6.45, 7) is 2.99. The highest BCUT2D eigenvalue weighted by Gasteiger charge is 2.22. The highest BCUT2D eigenvalue weighted by atomic mass is 16.2. The molecule has 0 unspecified atom stereocenters. The lowest BCUT2D eigenvalue weighted by molar-refractivity contribution is -0.131. The topological polar surface area (TPSA) is 50.6 Å². The van der Waals surface area contributed by atoms with Gasteiger partial charge in [-0.1, -0.05) is 0 Å². The molecule has 0 saturated carbocycles. The van der Waals surface area contributed by atoms with Gasteiger partial charge in [0.15, 0.2) is 0 Å². The van der Waals surface area contributed by atoms with Crippen molar-refractivity contribution in [1.29, 1.82) is 5.26 Å². The van der Waals surface area contributed by atoms with E-state index >= 15 is 0 Å². The molecule has 5 heteroatoms. The van der Waals surface area contributed by atoms with Gasteiger partial charge in [0.2, 0.25) is 5.91 Å². The van der Waals surface area contributed by atoms with Gasteiger partial charge >= 0.3 is 0 Å². The zero-order valence-electron chi connectivity index (χ0n) is 11.7. The number of carbonyl (C=O) groups is 1. The van der Waals surface area contributed by atoms with Crippen molar-refractivity contribution in [3.8, 4) is 6.07 Å². The third-order valence-corrected chi connectivity index (χ3v) is 3.63. The van der Waals surface area contributed by atoms with Crippen LogP contribution in [-0.4, -0.2) is 74.0 Å². The van der Waals surface area contributed by atoms with Crippen molar-refractivity contribution < 1.29 is 4.79 Å². The minimum Gasteiger partial charge on any atom is -0.344 e. The Morgan fingerprint density at radius 3 is 2.44 bits per heavy atom. The van der Waals surface area contributed by atoms with Crippen molar-refractivity contribution in [1.82, 2.24) is 14.7 Å². The Kier molecular flexibility index (Phi) is 6.10. The summed E-state index contributed by atoms with van der Waals surface area (Å²) in [5.41, 5.74) is 0. The molecule has 102 valence electrons. The molecule has 0 N–H and O–H groups in total. The van der Waals surface area contributed by atoms with Crippen molar-refractivity contribution in [3.63, 3.8) is 0 Å². The Bertz CT molecular complexity index is 303. The van der Waals surface area contributed by atoms with E-state index in [2.05, 4.69) is 30.0 Å². The molecule has 1 aliphatic heterocycles. The first-order valence-corrected chi connectivity index (χ1v) is 6.54. The molecule has 1 fully saturated rings. The van der Waals surface area contributed by atoms with Crippen LogP contribution in [0.15, 0.2) is 0 Å². The van der Waals surface area contributed by atoms with Crippen LogP contribution in [-0.2, 0) is 4.79 Å². The highest BCUT2D eigenvalue weighted by Crippen LogP contribution is 2.13. The molecule has 5 nitrogen and oxygen atoms in total. The number of rotatable bonds is 5. The molecule has 1 saturated heterocycles. The van der Waals surface area contributed by atoms with Gasteiger partial charge in [0.05, 0.1) is 19.0 Å². The van der Waals surface area contributed by atoms with E-state index in [0.717, 1.165) is 25.9 Å².